The Bertz CT molecular complexity index is 289. The number of anilines is 1. The summed E-state index contributed by atoms with van der Waals surface area (Å²) in [6, 6.07) is 4.97. The first kappa shape index (κ1) is 11.4. The van der Waals surface area contributed by atoms with Gasteiger partial charge >= 0.3 is 0 Å². The third-order valence-electron chi connectivity index (χ3n) is 2.69. The molecule has 0 spiro atoms. The van der Waals surface area contributed by atoms with Gasteiger partial charge < -0.3 is 10.6 Å². The molecule has 1 aromatic rings. The molecule has 0 radical (unpaired) electrons. The highest BCUT2D eigenvalue weighted by Gasteiger charge is 2.19. The molecule has 1 aliphatic carbocycles. The Morgan fingerprint density at radius 1 is 1.38 bits per heavy atom. The second-order valence-corrected chi connectivity index (χ2v) is 4.98. The maximum absolute atomic E-state index is 4.40. The normalized spacial score (nSPS) is 15.4. The topological polar surface area (TPSA) is 37.0 Å². The summed E-state index contributed by atoms with van der Waals surface area (Å²) < 4.78 is 0. The van der Waals surface area contributed by atoms with Gasteiger partial charge in [-0.25, -0.2) is 4.98 Å². The van der Waals surface area contributed by atoms with Crippen molar-refractivity contribution in [1.82, 2.24) is 10.3 Å². The van der Waals surface area contributed by atoms with Gasteiger partial charge in [0.05, 0.1) is 0 Å². The van der Waals surface area contributed by atoms with Crippen LogP contribution < -0.4 is 10.6 Å². The Morgan fingerprint density at radius 3 is 2.75 bits per heavy atom. The van der Waals surface area contributed by atoms with Crippen molar-refractivity contribution in [3.63, 3.8) is 0 Å². The lowest BCUT2D eigenvalue weighted by molar-refractivity contribution is 0.682. The average molecular weight is 219 g/mol. The van der Waals surface area contributed by atoms with Crippen LogP contribution in [0.2, 0.25) is 0 Å². The van der Waals surface area contributed by atoms with Gasteiger partial charge in [-0.2, -0.15) is 0 Å². The molecule has 0 aromatic carbocycles. The quantitative estimate of drug-likeness (QED) is 0.771. The number of hydrogen-bond donors (Lipinski definition) is 2. The van der Waals surface area contributed by atoms with Gasteiger partial charge in [-0.3, -0.25) is 0 Å². The lowest BCUT2D eigenvalue weighted by atomic mass is 10.2. The lowest BCUT2D eigenvalue weighted by Gasteiger charge is -2.08. The Morgan fingerprint density at radius 2 is 2.19 bits per heavy atom. The molecule has 1 saturated carbocycles. The number of nitrogens with one attached hydrogen (secondary N) is 2. The Balaban J connectivity index is 1.78. The van der Waals surface area contributed by atoms with E-state index in [2.05, 4.69) is 41.6 Å². The van der Waals surface area contributed by atoms with Gasteiger partial charge in [0.25, 0.3) is 0 Å². The van der Waals surface area contributed by atoms with Crippen molar-refractivity contribution in [3.05, 3.63) is 23.9 Å². The fourth-order valence-electron chi connectivity index (χ4n) is 1.49. The van der Waals surface area contributed by atoms with Crippen LogP contribution in [0, 0.1) is 5.92 Å². The van der Waals surface area contributed by atoms with E-state index in [9.17, 15) is 0 Å². The highest BCUT2D eigenvalue weighted by molar-refractivity contribution is 5.35. The number of pyridine rings is 1. The summed E-state index contributed by atoms with van der Waals surface area (Å²) in [5.74, 6) is 1.63. The number of nitrogens with zero attached hydrogens (tertiary/aromatic N) is 1. The molecular weight excluding hydrogens is 198 g/mol. The van der Waals surface area contributed by atoms with E-state index in [-0.39, 0.29) is 0 Å². The third kappa shape index (κ3) is 3.81. The first-order chi connectivity index (χ1) is 7.74. The number of rotatable bonds is 6. The summed E-state index contributed by atoms with van der Waals surface area (Å²) in [6.45, 7) is 6.32. The van der Waals surface area contributed by atoms with E-state index in [0.29, 0.717) is 5.92 Å². The van der Waals surface area contributed by atoms with Crippen molar-refractivity contribution in [2.24, 2.45) is 5.92 Å². The van der Waals surface area contributed by atoms with Crippen molar-refractivity contribution in [3.8, 4) is 0 Å². The molecular formula is C13H21N3. The molecule has 0 bridgehead atoms. The largest absolute Gasteiger partial charge is 0.370 e. The van der Waals surface area contributed by atoms with Gasteiger partial charge in [0, 0.05) is 25.3 Å². The van der Waals surface area contributed by atoms with Crippen molar-refractivity contribution in [2.45, 2.75) is 39.3 Å². The molecule has 0 unspecified atom stereocenters. The molecule has 1 aromatic heterocycles. The minimum atomic E-state index is 0.651. The maximum Gasteiger partial charge on any atom is 0.125 e. The molecule has 1 heterocycles. The smallest absolute Gasteiger partial charge is 0.125 e. The van der Waals surface area contributed by atoms with Gasteiger partial charge in [0.15, 0.2) is 0 Å². The molecule has 1 fully saturated rings. The SMILES string of the molecule is CC(C)CNc1ccc(CNC2CC2)cn1. The standard InChI is InChI=1S/C13H21N3/c1-10(2)7-15-13-6-3-11(9-16-13)8-14-12-4-5-12/h3,6,9-10,12,14H,4-5,7-8H2,1-2H3,(H,15,16). The molecule has 0 atom stereocenters. The van der Waals surface area contributed by atoms with Crippen LogP contribution in [0.1, 0.15) is 32.3 Å². The van der Waals surface area contributed by atoms with Crippen LogP contribution in [-0.4, -0.2) is 17.6 Å². The zero-order valence-electron chi connectivity index (χ0n) is 10.2. The zero-order valence-corrected chi connectivity index (χ0v) is 10.2. The molecule has 3 nitrogen and oxygen atoms in total. The van der Waals surface area contributed by atoms with E-state index in [4.69, 9.17) is 0 Å². The maximum atomic E-state index is 4.40. The van der Waals surface area contributed by atoms with E-state index in [1.165, 1.54) is 18.4 Å². The summed E-state index contributed by atoms with van der Waals surface area (Å²) in [7, 11) is 0. The minimum absolute atomic E-state index is 0.651. The Labute approximate surface area is 97.7 Å². The van der Waals surface area contributed by atoms with Crippen molar-refractivity contribution >= 4 is 5.82 Å². The first-order valence-electron chi connectivity index (χ1n) is 6.16. The monoisotopic (exact) mass is 219 g/mol. The summed E-state index contributed by atoms with van der Waals surface area (Å²) in [6.07, 6.45) is 4.63. The minimum Gasteiger partial charge on any atom is -0.370 e. The highest BCUT2D eigenvalue weighted by Crippen LogP contribution is 2.19. The van der Waals surface area contributed by atoms with Gasteiger partial charge in [0.2, 0.25) is 0 Å². The average Bonchev–Trinajstić information content (AvgIpc) is 3.09. The Hall–Kier alpha value is -1.09. The molecule has 0 amide bonds. The number of aromatic nitrogens is 1. The third-order valence-corrected chi connectivity index (χ3v) is 2.69. The predicted octanol–water partition coefficient (Wildman–Crippen LogP) is 2.40. The van der Waals surface area contributed by atoms with Crippen LogP contribution in [-0.2, 0) is 6.54 Å². The first-order valence-corrected chi connectivity index (χ1v) is 6.16. The predicted molar refractivity (Wildman–Crippen MR) is 67.4 cm³/mol. The summed E-state index contributed by atoms with van der Waals surface area (Å²) in [4.78, 5) is 4.40. The molecule has 0 saturated heterocycles. The van der Waals surface area contributed by atoms with E-state index in [0.717, 1.165) is 24.9 Å². The second kappa shape index (κ2) is 5.30. The fraction of sp³-hybridized carbons (Fsp3) is 0.615. The van der Waals surface area contributed by atoms with Crippen LogP contribution >= 0.6 is 0 Å². The van der Waals surface area contributed by atoms with Crippen LogP contribution in [0.15, 0.2) is 18.3 Å². The van der Waals surface area contributed by atoms with Crippen molar-refractivity contribution < 1.29 is 0 Å². The molecule has 2 rings (SSSR count). The van der Waals surface area contributed by atoms with Crippen LogP contribution in [0.25, 0.3) is 0 Å². The van der Waals surface area contributed by atoms with Crippen molar-refractivity contribution in [1.29, 1.82) is 0 Å². The molecule has 1 aliphatic rings. The van der Waals surface area contributed by atoms with Crippen LogP contribution in [0.3, 0.4) is 0 Å². The van der Waals surface area contributed by atoms with Crippen molar-refractivity contribution in [2.75, 3.05) is 11.9 Å². The highest BCUT2D eigenvalue weighted by atomic mass is 15.0. The molecule has 3 heteroatoms. The fourth-order valence-corrected chi connectivity index (χ4v) is 1.49. The summed E-state index contributed by atoms with van der Waals surface area (Å²) in [5, 5.41) is 6.80. The van der Waals surface area contributed by atoms with Gasteiger partial charge in [0.1, 0.15) is 5.82 Å². The lowest BCUT2D eigenvalue weighted by Crippen LogP contribution is -2.15. The van der Waals surface area contributed by atoms with Crippen LogP contribution in [0.5, 0.6) is 0 Å². The molecule has 0 aliphatic heterocycles. The van der Waals surface area contributed by atoms with E-state index >= 15 is 0 Å². The summed E-state index contributed by atoms with van der Waals surface area (Å²) >= 11 is 0. The van der Waals surface area contributed by atoms with Gasteiger partial charge in [-0.15, -0.1) is 0 Å². The van der Waals surface area contributed by atoms with Gasteiger partial charge in [-0.1, -0.05) is 19.9 Å². The molecule has 88 valence electrons. The molecule has 2 N–H and O–H groups in total. The van der Waals surface area contributed by atoms with Gasteiger partial charge in [-0.05, 0) is 30.4 Å². The van der Waals surface area contributed by atoms with E-state index < -0.39 is 0 Å². The zero-order chi connectivity index (χ0) is 11.4. The van der Waals surface area contributed by atoms with E-state index in [1.807, 2.05) is 6.20 Å². The summed E-state index contributed by atoms with van der Waals surface area (Å²) in [5.41, 5.74) is 1.27. The van der Waals surface area contributed by atoms with Crippen LogP contribution in [0.4, 0.5) is 5.82 Å². The number of hydrogen-bond acceptors (Lipinski definition) is 3. The molecule has 16 heavy (non-hydrogen) atoms. The Kier molecular flexibility index (Phi) is 3.78. The van der Waals surface area contributed by atoms with E-state index in [1.54, 1.807) is 0 Å². The second-order valence-electron chi connectivity index (χ2n) is 4.98.